The minimum Gasteiger partial charge on any atom is -0.387 e. The molecule has 0 bridgehead atoms. The molecule has 0 spiro atoms. The van der Waals surface area contributed by atoms with Gasteiger partial charge in [0.15, 0.2) is 0 Å². The topological polar surface area (TPSA) is 69.8 Å². The minimum atomic E-state index is -0.798. The van der Waals surface area contributed by atoms with Crippen molar-refractivity contribution in [2.75, 3.05) is 37.5 Å². The van der Waals surface area contributed by atoms with E-state index in [0.29, 0.717) is 12.1 Å². The summed E-state index contributed by atoms with van der Waals surface area (Å²) in [6, 6.07) is 14.1. The molecule has 2 aromatic rings. The van der Waals surface area contributed by atoms with E-state index >= 15 is 0 Å². The number of rotatable bonds is 6. The molecule has 0 heterocycles. The van der Waals surface area contributed by atoms with Gasteiger partial charge in [-0.1, -0.05) is 12.1 Å². The Hall–Kier alpha value is -2.60. The third kappa shape index (κ3) is 4.20. The lowest BCUT2D eigenvalue weighted by Crippen LogP contribution is -2.24. The summed E-state index contributed by atoms with van der Waals surface area (Å²) in [6.07, 6.45) is -0.798. The molecule has 2 aromatic carbocycles. The Morgan fingerprint density at radius 2 is 1.70 bits per heavy atom. The van der Waals surface area contributed by atoms with E-state index in [2.05, 4.69) is 0 Å². The molecule has 1 N–H and O–H groups in total. The summed E-state index contributed by atoms with van der Waals surface area (Å²) in [5.41, 5.74) is 2.59. The van der Waals surface area contributed by atoms with Gasteiger partial charge in [-0.3, -0.25) is 10.1 Å². The van der Waals surface area contributed by atoms with Crippen molar-refractivity contribution in [1.82, 2.24) is 0 Å². The van der Waals surface area contributed by atoms with Crippen molar-refractivity contribution < 1.29 is 10.0 Å². The maximum absolute atomic E-state index is 10.8. The summed E-state index contributed by atoms with van der Waals surface area (Å²) in [5, 5.41) is 21.1. The van der Waals surface area contributed by atoms with Gasteiger partial charge in [-0.2, -0.15) is 0 Å². The van der Waals surface area contributed by atoms with Crippen LogP contribution >= 0.6 is 0 Å². The molecule has 0 saturated heterocycles. The van der Waals surface area contributed by atoms with E-state index in [9.17, 15) is 15.2 Å². The maximum atomic E-state index is 10.8. The first-order chi connectivity index (χ1) is 10.9. The zero-order valence-corrected chi connectivity index (χ0v) is 13.5. The molecule has 0 aromatic heterocycles. The van der Waals surface area contributed by atoms with E-state index < -0.39 is 11.0 Å². The number of non-ortho nitro benzene ring substituents is 1. The van der Waals surface area contributed by atoms with Crippen LogP contribution in [0.4, 0.5) is 17.1 Å². The summed E-state index contributed by atoms with van der Waals surface area (Å²) in [5.74, 6) is 0. The fourth-order valence-corrected chi connectivity index (χ4v) is 2.32. The van der Waals surface area contributed by atoms with Gasteiger partial charge in [0.25, 0.3) is 5.69 Å². The molecule has 122 valence electrons. The van der Waals surface area contributed by atoms with Gasteiger partial charge in [0, 0.05) is 51.2 Å². The van der Waals surface area contributed by atoms with Crippen molar-refractivity contribution in [2.24, 2.45) is 0 Å². The molecule has 6 heteroatoms. The molecule has 0 aliphatic carbocycles. The van der Waals surface area contributed by atoms with Crippen molar-refractivity contribution in [1.29, 1.82) is 0 Å². The summed E-state index contributed by atoms with van der Waals surface area (Å²) in [7, 11) is 5.83. The lowest BCUT2D eigenvalue weighted by molar-refractivity contribution is -0.385. The highest BCUT2D eigenvalue weighted by molar-refractivity contribution is 5.55. The van der Waals surface area contributed by atoms with Crippen LogP contribution in [0.1, 0.15) is 11.7 Å². The number of hydrogen-bond acceptors (Lipinski definition) is 5. The molecule has 0 aliphatic heterocycles. The summed E-state index contributed by atoms with van der Waals surface area (Å²) in [4.78, 5) is 14.3. The first kappa shape index (κ1) is 16.8. The second kappa shape index (κ2) is 7.11. The van der Waals surface area contributed by atoms with Crippen LogP contribution in [0.2, 0.25) is 0 Å². The van der Waals surface area contributed by atoms with E-state index in [1.54, 1.807) is 12.1 Å². The Balaban J connectivity index is 2.08. The average molecular weight is 315 g/mol. The molecule has 23 heavy (non-hydrogen) atoms. The van der Waals surface area contributed by atoms with Crippen LogP contribution in [-0.2, 0) is 0 Å². The molecule has 0 amide bonds. The van der Waals surface area contributed by atoms with Crippen molar-refractivity contribution in [3.05, 3.63) is 64.2 Å². The molecular formula is C17H21N3O3. The Bertz CT molecular complexity index is 671. The standard InChI is InChI=1S/C17H21N3O3/c1-18(2)14-7-9-15(10-8-14)19(3)12-17(21)13-5-4-6-16(11-13)20(22)23/h4-11,17,21H,12H2,1-3H3. The smallest absolute Gasteiger partial charge is 0.269 e. The number of likely N-dealkylation sites (N-methyl/N-ethyl adjacent to an activating group) is 1. The SMILES string of the molecule is CN(C)c1ccc(N(C)CC(O)c2cccc([N+](=O)[O-])c2)cc1. The minimum absolute atomic E-state index is 0.0143. The van der Waals surface area contributed by atoms with Crippen LogP contribution in [0.25, 0.3) is 0 Å². The van der Waals surface area contributed by atoms with Gasteiger partial charge < -0.3 is 14.9 Å². The Morgan fingerprint density at radius 3 is 2.26 bits per heavy atom. The predicted octanol–water partition coefficient (Wildman–Crippen LogP) is 2.83. The van der Waals surface area contributed by atoms with Gasteiger partial charge in [-0.05, 0) is 29.8 Å². The predicted molar refractivity (Wildman–Crippen MR) is 92.1 cm³/mol. The highest BCUT2D eigenvalue weighted by atomic mass is 16.6. The van der Waals surface area contributed by atoms with Crippen LogP contribution in [0.3, 0.4) is 0 Å². The van der Waals surface area contributed by atoms with Crippen LogP contribution in [-0.4, -0.2) is 37.7 Å². The van der Waals surface area contributed by atoms with E-state index in [0.717, 1.165) is 11.4 Å². The zero-order valence-electron chi connectivity index (χ0n) is 13.5. The maximum Gasteiger partial charge on any atom is 0.269 e. The second-order valence-corrected chi connectivity index (χ2v) is 5.66. The number of benzene rings is 2. The first-order valence-electron chi connectivity index (χ1n) is 7.29. The highest BCUT2D eigenvalue weighted by Gasteiger charge is 2.14. The summed E-state index contributed by atoms with van der Waals surface area (Å²) >= 11 is 0. The number of aliphatic hydroxyl groups excluding tert-OH is 1. The van der Waals surface area contributed by atoms with Crippen molar-refractivity contribution >= 4 is 17.1 Å². The summed E-state index contributed by atoms with van der Waals surface area (Å²) < 4.78 is 0. The summed E-state index contributed by atoms with van der Waals surface area (Å²) in [6.45, 7) is 0.350. The van der Waals surface area contributed by atoms with E-state index in [4.69, 9.17) is 0 Å². The quantitative estimate of drug-likeness (QED) is 0.655. The molecule has 6 nitrogen and oxygen atoms in total. The Morgan fingerprint density at radius 1 is 1.09 bits per heavy atom. The van der Waals surface area contributed by atoms with Crippen LogP contribution in [0.5, 0.6) is 0 Å². The van der Waals surface area contributed by atoms with Gasteiger partial charge in [0.05, 0.1) is 11.0 Å². The average Bonchev–Trinajstić information content (AvgIpc) is 2.54. The molecule has 1 atom stereocenters. The second-order valence-electron chi connectivity index (χ2n) is 5.66. The van der Waals surface area contributed by atoms with Gasteiger partial charge >= 0.3 is 0 Å². The van der Waals surface area contributed by atoms with Gasteiger partial charge in [0.2, 0.25) is 0 Å². The highest BCUT2D eigenvalue weighted by Crippen LogP contribution is 2.23. The van der Waals surface area contributed by atoms with Crippen molar-refractivity contribution in [2.45, 2.75) is 6.10 Å². The van der Waals surface area contributed by atoms with Crippen LogP contribution in [0, 0.1) is 10.1 Å². The van der Waals surface area contributed by atoms with Gasteiger partial charge in [-0.25, -0.2) is 0 Å². The monoisotopic (exact) mass is 315 g/mol. The van der Waals surface area contributed by atoms with Gasteiger partial charge in [0.1, 0.15) is 0 Å². The van der Waals surface area contributed by atoms with E-state index in [-0.39, 0.29) is 5.69 Å². The zero-order chi connectivity index (χ0) is 17.0. The fraction of sp³-hybridized carbons (Fsp3) is 0.294. The lowest BCUT2D eigenvalue weighted by atomic mass is 10.1. The van der Waals surface area contributed by atoms with E-state index in [1.165, 1.54) is 12.1 Å². The third-order valence-corrected chi connectivity index (χ3v) is 3.72. The van der Waals surface area contributed by atoms with Crippen molar-refractivity contribution in [3.63, 3.8) is 0 Å². The number of anilines is 2. The third-order valence-electron chi connectivity index (χ3n) is 3.72. The lowest BCUT2D eigenvalue weighted by Gasteiger charge is -2.23. The largest absolute Gasteiger partial charge is 0.387 e. The first-order valence-corrected chi connectivity index (χ1v) is 7.29. The number of nitro benzene ring substituents is 1. The number of aliphatic hydroxyl groups is 1. The Kier molecular flexibility index (Phi) is 5.18. The molecule has 1 unspecified atom stereocenters. The van der Waals surface area contributed by atoms with Crippen LogP contribution < -0.4 is 9.80 Å². The molecule has 2 rings (SSSR count). The Labute approximate surface area is 135 Å². The number of nitrogens with zero attached hydrogens (tertiary/aromatic N) is 3. The molecule has 0 aliphatic rings. The molecule has 0 radical (unpaired) electrons. The van der Waals surface area contributed by atoms with E-state index in [1.807, 2.05) is 55.2 Å². The molecule has 0 fully saturated rings. The molecular weight excluding hydrogens is 294 g/mol. The number of nitro groups is 1. The van der Waals surface area contributed by atoms with Gasteiger partial charge in [-0.15, -0.1) is 0 Å². The van der Waals surface area contributed by atoms with Crippen LogP contribution in [0.15, 0.2) is 48.5 Å². The fourth-order valence-electron chi connectivity index (χ4n) is 2.32. The normalized spacial score (nSPS) is 11.8. The molecule has 0 saturated carbocycles. The van der Waals surface area contributed by atoms with Crippen molar-refractivity contribution in [3.8, 4) is 0 Å². The number of hydrogen-bond donors (Lipinski definition) is 1.